The van der Waals surface area contributed by atoms with Crippen LogP contribution in [0, 0.1) is 5.82 Å². The number of alkyl halides is 3. The lowest BCUT2D eigenvalue weighted by molar-refractivity contribution is -0.265. The van der Waals surface area contributed by atoms with E-state index < -0.39 is 47.9 Å². The van der Waals surface area contributed by atoms with Gasteiger partial charge in [0.15, 0.2) is 17.2 Å². The summed E-state index contributed by atoms with van der Waals surface area (Å²) >= 11 is 5.75. The first-order chi connectivity index (χ1) is 19.2. The van der Waals surface area contributed by atoms with Crippen LogP contribution in [0.15, 0.2) is 42.5 Å². The van der Waals surface area contributed by atoms with Gasteiger partial charge in [-0.1, -0.05) is 17.7 Å². The van der Waals surface area contributed by atoms with E-state index in [9.17, 15) is 32.6 Å². The molecule has 0 aliphatic carbocycles. The third kappa shape index (κ3) is 6.17. The lowest BCUT2D eigenvalue weighted by Crippen LogP contribution is -2.51. The monoisotopic (exact) mass is 599 g/mol. The summed E-state index contributed by atoms with van der Waals surface area (Å²) in [6.45, 7) is 0.0364. The van der Waals surface area contributed by atoms with Gasteiger partial charge in [-0.2, -0.15) is 13.2 Å². The summed E-state index contributed by atoms with van der Waals surface area (Å²) < 4.78 is 73.6. The highest BCUT2D eigenvalue weighted by atomic mass is 35.5. The second-order valence-electron chi connectivity index (χ2n) is 9.39. The van der Waals surface area contributed by atoms with Crippen molar-refractivity contribution < 1.29 is 46.8 Å². The summed E-state index contributed by atoms with van der Waals surface area (Å²) in [5.41, 5.74) is 1.35. The van der Waals surface area contributed by atoms with Crippen LogP contribution in [0.2, 0.25) is 5.02 Å². The number of rotatable bonds is 9. The van der Waals surface area contributed by atoms with Gasteiger partial charge in [-0.3, -0.25) is 4.79 Å². The molecule has 5 N–H and O–H groups in total. The van der Waals surface area contributed by atoms with Gasteiger partial charge < -0.3 is 35.5 Å². The van der Waals surface area contributed by atoms with Gasteiger partial charge in [-0.15, -0.1) is 0 Å². The number of halogens is 5. The third-order valence-electron chi connectivity index (χ3n) is 6.30. The molecule has 14 heteroatoms. The van der Waals surface area contributed by atoms with Gasteiger partial charge in [0.1, 0.15) is 24.7 Å². The van der Waals surface area contributed by atoms with E-state index in [-0.39, 0.29) is 57.9 Å². The summed E-state index contributed by atoms with van der Waals surface area (Å²) in [6, 6.07) is 7.48. The third-order valence-corrected chi connectivity index (χ3v) is 6.61. The zero-order valence-electron chi connectivity index (χ0n) is 21.8. The Morgan fingerprint density at radius 3 is 2.61 bits per heavy atom. The van der Waals surface area contributed by atoms with E-state index >= 15 is 0 Å². The number of pyridine rings is 1. The standard InChI is InChI=1S/C27H26ClF4N3O6/c1-13(36)10-40-20-6-4-15(8-21(20)39-2)25(37)34-12-26(38,27(30,31)32)22-9-16-19(33)11-41-24(16)23(35-22)14-3-5-17(28)18(29)7-14/h3-9,13,19,36,38H,10-12,33H2,1-2H3,(H,34,37). The quantitative estimate of drug-likeness (QED) is 0.272. The van der Waals surface area contributed by atoms with E-state index in [1.165, 1.54) is 44.4 Å². The average Bonchev–Trinajstić information content (AvgIpc) is 3.31. The number of benzene rings is 2. The number of methoxy groups -OCH3 is 1. The number of fused-ring (bicyclic) bond motifs is 1. The molecular formula is C27H26ClF4N3O6. The maximum absolute atomic E-state index is 14.4. The van der Waals surface area contributed by atoms with E-state index in [2.05, 4.69) is 10.3 Å². The number of aromatic nitrogens is 1. The fourth-order valence-corrected chi connectivity index (χ4v) is 4.20. The van der Waals surface area contributed by atoms with Crippen molar-refractivity contribution in [1.82, 2.24) is 10.3 Å². The molecule has 0 bridgehead atoms. The molecule has 220 valence electrons. The first-order valence-corrected chi connectivity index (χ1v) is 12.6. The van der Waals surface area contributed by atoms with Crippen LogP contribution >= 0.6 is 11.6 Å². The number of carbonyl (C=O) groups is 1. The number of nitrogens with two attached hydrogens (primary N) is 1. The predicted octanol–water partition coefficient (Wildman–Crippen LogP) is 3.88. The van der Waals surface area contributed by atoms with Gasteiger partial charge in [0.25, 0.3) is 5.91 Å². The molecule has 1 aliphatic heterocycles. The lowest BCUT2D eigenvalue weighted by atomic mass is 9.93. The van der Waals surface area contributed by atoms with Crippen molar-refractivity contribution in [2.75, 3.05) is 26.9 Å². The maximum Gasteiger partial charge on any atom is 0.424 e. The van der Waals surface area contributed by atoms with E-state index in [1.54, 1.807) is 0 Å². The number of aliphatic hydroxyl groups excluding tert-OH is 1. The fourth-order valence-electron chi connectivity index (χ4n) is 4.08. The number of nitrogens with zero attached hydrogens (tertiary/aromatic N) is 1. The Morgan fingerprint density at radius 2 is 1.98 bits per heavy atom. The molecule has 3 aromatic rings. The van der Waals surface area contributed by atoms with Crippen molar-refractivity contribution in [2.45, 2.75) is 30.8 Å². The van der Waals surface area contributed by atoms with Crippen molar-refractivity contribution in [3.8, 4) is 28.5 Å². The molecule has 0 saturated carbocycles. The smallest absolute Gasteiger partial charge is 0.424 e. The highest BCUT2D eigenvalue weighted by molar-refractivity contribution is 6.30. The van der Waals surface area contributed by atoms with Gasteiger partial charge in [0.2, 0.25) is 5.60 Å². The fraction of sp³-hybridized carbons (Fsp3) is 0.333. The summed E-state index contributed by atoms with van der Waals surface area (Å²) in [5, 5.41) is 22.3. The minimum Gasteiger partial charge on any atom is -0.493 e. The van der Waals surface area contributed by atoms with Crippen LogP contribution in [0.4, 0.5) is 17.6 Å². The lowest BCUT2D eigenvalue weighted by Gasteiger charge is -2.31. The highest BCUT2D eigenvalue weighted by Gasteiger charge is 2.57. The van der Waals surface area contributed by atoms with Crippen LogP contribution < -0.4 is 25.3 Å². The predicted molar refractivity (Wildman–Crippen MR) is 140 cm³/mol. The van der Waals surface area contributed by atoms with Gasteiger partial charge in [-0.05, 0) is 43.3 Å². The molecule has 0 radical (unpaired) electrons. The van der Waals surface area contributed by atoms with Crippen LogP contribution in [-0.4, -0.2) is 60.3 Å². The van der Waals surface area contributed by atoms with E-state index in [0.717, 1.165) is 12.1 Å². The normalized spacial score (nSPS) is 16.8. The molecule has 0 fully saturated rings. The summed E-state index contributed by atoms with van der Waals surface area (Å²) in [4.78, 5) is 16.9. The van der Waals surface area contributed by atoms with Crippen molar-refractivity contribution in [1.29, 1.82) is 0 Å². The SMILES string of the molecule is COc1cc(C(=O)NCC(O)(c2cc3c(c(-c4ccc(Cl)c(F)c4)n2)OCC3N)C(F)(F)F)ccc1OCC(C)O. The molecule has 3 atom stereocenters. The number of hydrogen-bond acceptors (Lipinski definition) is 8. The minimum absolute atomic E-state index is 0.0395. The maximum atomic E-state index is 14.4. The second kappa shape index (κ2) is 11.7. The number of nitrogens with one attached hydrogen (secondary N) is 1. The highest BCUT2D eigenvalue weighted by Crippen LogP contribution is 2.45. The zero-order valence-corrected chi connectivity index (χ0v) is 22.5. The Morgan fingerprint density at radius 1 is 1.24 bits per heavy atom. The van der Waals surface area contributed by atoms with Gasteiger partial charge in [-0.25, -0.2) is 9.37 Å². The molecule has 2 heterocycles. The number of ether oxygens (including phenoxy) is 3. The minimum atomic E-state index is -5.32. The Kier molecular flexibility index (Phi) is 8.64. The molecule has 3 unspecified atom stereocenters. The second-order valence-corrected chi connectivity index (χ2v) is 9.79. The Bertz CT molecular complexity index is 1460. The largest absolute Gasteiger partial charge is 0.493 e. The molecule has 1 aliphatic rings. The van der Waals surface area contributed by atoms with E-state index in [1.807, 2.05) is 0 Å². The molecule has 1 amide bonds. The van der Waals surface area contributed by atoms with Crippen LogP contribution in [0.3, 0.4) is 0 Å². The van der Waals surface area contributed by atoms with E-state index in [4.69, 9.17) is 31.5 Å². The molecule has 9 nitrogen and oxygen atoms in total. The van der Waals surface area contributed by atoms with Crippen LogP contribution in [-0.2, 0) is 5.60 Å². The van der Waals surface area contributed by atoms with Gasteiger partial charge in [0, 0.05) is 16.7 Å². The Balaban J connectivity index is 1.69. The summed E-state index contributed by atoms with van der Waals surface area (Å²) in [7, 11) is 1.30. The Hall–Kier alpha value is -3.65. The van der Waals surface area contributed by atoms with Crippen LogP contribution in [0.1, 0.15) is 34.6 Å². The van der Waals surface area contributed by atoms with E-state index in [0.29, 0.717) is 0 Å². The molecular weight excluding hydrogens is 574 g/mol. The molecule has 2 aromatic carbocycles. The number of aliphatic hydroxyl groups is 2. The van der Waals surface area contributed by atoms with Crippen LogP contribution in [0.25, 0.3) is 11.3 Å². The molecule has 0 saturated heterocycles. The van der Waals surface area contributed by atoms with Crippen LogP contribution in [0.5, 0.6) is 17.2 Å². The summed E-state index contributed by atoms with van der Waals surface area (Å²) in [6.07, 6.45) is -6.10. The van der Waals surface area contributed by atoms with Crippen molar-refractivity contribution in [3.63, 3.8) is 0 Å². The Labute approximate surface area is 236 Å². The number of carbonyl (C=O) groups excluding carboxylic acids is 1. The van der Waals surface area contributed by atoms with Crippen molar-refractivity contribution >= 4 is 17.5 Å². The molecule has 0 spiro atoms. The first kappa shape index (κ1) is 30.3. The van der Waals surface area contributed by atoms with Crippen molar-refractivity contribution in [3.05, 3.63) is 70.1 Å². The zero-order chi connectivity index (χ0) is 30.1. The average molecular weight is 600 g/mol. The first-order valence-electron chi connectivity index (χ1n) is 12.2. The van der Waals surface area contributed by atoms with Gasteiger partial charge in [0.05, 0.1) is 36.5 Å². The molecule has 1 aromatic heterocycles. The number of hydrogen-bond donors (Lipinski definition) is 4. The summed E-state index contributed by atoms with van der Waals surface area (Å²) in [5.74, 6) is -1.47. The number of amides is 1. The molecule has 41 heavy (non-hydrogen) atoms. The van der Waals surface area contributed by atoms with Crippen molar-refractivity contribution in [2.24, 2.45) is 5.73 Å². The van der Waals surface area contributed by atoms with Gasteiger partial charge >= 0.3 is 6.18 Å². The molecule has 4 rings (SSSR count). The topological polar surface area (TPSA) is 136 Å².